The number of piperidine rings is 1. The van der Waals surface area contributed by atoms with E-state index in [1.54, 1.807) is 4.90 Å². The maximum absolute atomic E-state index is 13.1. The molecule has 4 bridgehead atoms. The summed E-state index contributed by atoms with van der Waals surface area (Å²) >= 11 is 0. The highest BCUT2D eigenvalue weighted by molar-refractivity contribution is 6.40. The molecule has 24 heavy (non-hydrogen) atoms. The molecule has 6 fully saturated rings. The number of hydrogen-bond donors (Lipinski definition) is 3. The van der Waals surface area contributed by atoms with Crippen molar-refractivity contribution in [3.63, 3.8) is 0 Å². The number of primary amides is 1. The van der Waals surface area contributed by atoms with Crippen LogP contribution in [0.3, 0.4) is 0 Å². The summed E-state index contributed by atoms with van der Waals surface area (Å²) in [5, 5.41) is 19.6. The molecule has 5 saturated carbocycles. The van der Waals surface area contributed by atoms with Crippen LogP contribution in [0.2, 0.25) is 0 Å². The van der Waals surface area contributed by atoms with Crippen LogP contribution in [0.25, 0.3) is 0 Å². The largest absolute Gasteiger partial charge is 0.390 e. The number of amides is 2. The normalized spacial score (nSPS) is 50.7. The minimum atomic E-state index is -0.688. The zero-order valence-corrected chi connectivity index (χ0v) is 13.8. The minimum absolute atomic E-state index is 0.104. The predicted molar refractivity (Wildman–Crippen MR) is 86.1 cm³/mol. The van der Waals surface area contributed by atoms with Gasteiger partial charge in [0.25, 0.3) is 5.91 Å². The number of likely N-dealkylation sites (tertiary alicyclic amines) is 1. The summed E-state index contributed by atoms with van der Waals surface area (Å²) in [4.78, 5) is 26.5. The molecule has 0 spiro atoms. The van der Waals surface area contributed by atoms with Crippen molar-refractivity contribution < 1.29 is 14.7 Å². The predicted octanol–water partition coefficient (Wildman–Crippen LogP) is 0.812. The molecule has 0 aromatic rings. The van der Waals surface area contributed by atoms with E-state index in [1.807, 2.05) is 0 Å². The monoisotopic (exact) mass is 331 g/mol. The smallest absolute Gasteiger partial charge is 0.269 e. The van der Waals surface area contributed by atoms with Crippen LogP contribution in [0.5, 0.6) is 0 Å². The zero-order chi connectivity index (χ0) is 16.9. The molecule has 5 unspecified atom stereocenters. The van der Waals surface area contributed by atoms with Gasteiger partial charge < -0.3 is 15.7 Å². The number of aliphatic hydroxyl groups is 1. The Labute approximate surface area is 141 Å². The maximum Gasteiger partial charge on any atom is 0.269 e. The number of nitrogens with two attached hydrogens (primary N) is 1. The molecule has 6 aliphatic rings. The molecule has 6 nitrogen and oxygen atoms in total. The van der Waals surface area contributed by atoms with E-state index in [4.69, 9.17) is 11.1 Å². The van der Waals surface area contributed by atoms with E-state index in [0.717, 1.165) is 38.5 Å². The highest BCUT2D eigenvalue weighted by Gasteiger charge is 2.62. The Kier molecular flexibility index (Phi) is 2.72. The van der Waals surface area contributed by atoms with Crippen LogP contribution < -0.4 is 5.73 Å². The number of nitrogens with zero attached hydrogens (tertiary/aromatic N) is 1. The van der Waals surface area contributed by atoms with E-state index in [9.17, 15) is 14.7 Å². The van der Waals surface area contributed by atoms with E-state index >= 15 is 0 Å². The molecule has 6 rings (SSSR count). The van der Waals surface area contributed by atoms with E-state index in [-0.39, 0.29) is 17.7 Å². The van der Waals surface area contributed by atoms with Gasteiger partial charge in [-0.15, -0.1) is 0 Å². The zero-order valence-electron chi connectivity index (χ0n) is 13.8. The van der Waals surface area contributed by atoms with Gasteiger partial charge >= 0.3 is 0 Å². The van der Waals surface area contributed by atoms with Crippen molar-refractivity contribution in [3.8, 4) is 0 Å². The Hall–Kier alpha value is -1.43. The Morgan fingerprint density at radius 3 is 2.33 bits per heavy atom. The molecule has 4 N–H and O–H groups in total. The first-order chi connectivity index (χ1) is 11.3. The highest BCUT2D eigenvalue weighted by Crippen LogP contribution is 2.62. The fraction of sp³-hybridized carbons (Fsp3) is 0.833. The van der Waals surface area contributed by atoms with Crippen LogP contribution in [0, 0.1) is 28.6 Å². The van der Waals surface area contributed by atoms with Gasteiger partial charge in [0.2, 0.25) is 5.91 Å². The Morgan fingerprint density at radius 2 is 1.75 bits per heavy atom. The van der Waals surface area contributed by atoms with E-state index in [2.05, 4.69) is 0 Å². The molecule has 0 radical (unpaired) electrons. The van der Waals surface area contributed by atoms with Gasteiger partial charge in [-0.1, -0.05) is 0 Å². The summed E-state index contributed by atoms with van der Waals surface area (Å²) in [6.07, 6.45) is 6.60. The van der Waals surface area contributed by atoms with Crippen molar-refractivity contribution in [1.82, 2.24) is 4.90 Å². The van der Waals surface area contributed by atoms with E-state index in [0.29, 0.717) is 30.6 Å². The molecule has 6 heteroatoms. The van der Waals surface area contributed by atoms with Gasteiger partial charge in [-0.3, -0.25) is 15.0 Å². The summed E-state index contributed by atoms with van der Waals surface area (Å²) in [6, 6.07) is -0.439. The average molecular weight is 331 g/mol. The first-order valence-corrected chi connectivity index (χ1v) is 9.24. The summed E-state index contributed by atoms with van der Waals surface area (Å²) in [6.45, 7) is 0. The quantitative estimate of drug-likeness (QED) is 0.666. The van der Waals surface area contributed by atoms with Crippen LogP contribution in [-0.2, 0) is 9.59 Å². The SMILES string of the molecule is N=C(C(=O)N1C(C(N)=O)CC2CC21)C12CC3CC(CC(O)(C3)C1)C2. The van der Waals surface area contributed by atoms with Gasteiger partial charge in [0.1, 0.15) is 11.8 Å². The van der Waals surface area contributed by atoms with Gasteiger partial charge in [-0.2, -0.15) is 0 Å². The van der Waals surface area contributed by atoms with Crippen LogP contribution in [-0.4, -0.2) is 45.2 Å². The molecule has 0 aromatic carbocycles. The Morgan fingerprint density at radius 1 is 1.08 bits per heavy atom. The summed E-state index contributed by atoms with van der Waals surface area (Å²) < 4.78 is 0. The van der Waals surface area contributed by atoms with Crippen LogP contribution in [0.15, 0.2) is 0 Å². The third-order valence-corrected chi connectivity index (χ3v) is 7.44. The molecule has 5 aliphatic carbocycles. The fourth-order valence-corrected chi connectivity index (χ4v) is 6.87. The van der Waals surface area contributed by atoms with Crippen molar-refractivity contribution >= 4 is 17.5 Å². The Bertz CT molecular complexity index is 646. The summed E-state index contributed by atoms with van der Waals surface area (Å²) in [5.74, 6) is 0.508. The molecule has 0 aromatic heterocycles. The second kappa shape index (κ2) is 4.40. The second-order valence-corrected chi connectivity index (χ2v) is 9.27. The second-order valence-electron chi connectivity index (χ2n) is 9.27. The standard InChI is InChI=1S/C18H25N3O3/c19-14(16(23)21-12-2-11(12)3-13(21)15(20)22)17-4-9-1-10(5-17)7-18(24,6-9)8-17/h9-13,19,24H,1-8H2,(H2,20,22). The van der Waals surface area contributed by atoms with Gasteiger partial charge in [0.05, 0.1) is 5.60 Å². The molecule has 2 amide bonds. The van der Waals surface area contributed by atoms with Crippen LogP contribution >= 0.6 is 0 Å². The van der Waals surface area contributed by atoms with Crippen molar-refractivity contribution in [2.75, 3.05) is 0 Å². The van der Waals surface area contributed by atoms with Crippen LogP contribution in [0.1, 0.15) is 51.4 Å². The van der Waals surface area contributed by atoms with E-state index in [1.165, 1.54) is 0 Å². The molecule has 1 heterocycles. The first kappa shape index (κ1) is 14.9. The lowest BCUT2D eigenvalue weighted by molar-refractivity contribution is -0.147. The molecular formula is C18H25N3O3. The van der Waals surface area contributed by atoms with Crippen molar-refractivity contribution in [1.29, 1.82) is 5.41 Å². The molecule has 130 valence electrons. The third kappa shape index (κ3) is 1.89. The fourth-order valence-electron chi connectivity index (χ4n) is 6.87. The number of carbonyl (C=O) groups excluding carboxylic acids is 2. The minimum Gasteiger partial charge on any atom is -0.390 e. The highest BCUT2D eigenvalue weighted by atomic mass is 16.3. The van der Waals surface area contributed by atoms with Crippen molar-refractivity contribution in [2.24, 2.45) is 28.9 Å². The van der Waals surface area contributed by atoms with E-state index < -0.39 is 23.0 Å². The van der Waals surface area contributed by atoms with Gasteiger partial charge in [-0.05, 0) is 69.1 Å². The number of carbonyl (C=O) groups is 2. The molecule has 1 saturated heterocycles. The Balaban J connectivity index is 1.44. The number of nitrogens with one attached hydrogen (secondary N) is 1. The van der Waals surface area contributed by atoms with Crippen LogP contribution in [0.4, 0.5) is 0 Å². The van der Waals surface area contributed by atoms with Gasteiger partial charge in [0, 0.05) is 11.5 Å². The lowest BCUT2D eigenvalue weighted by Crippen LogP contribution is -2.61. The summed E-state index contributed by atoms with van der Waals surface area (Å²) in [7, 11) is 0. The molecular weight excluding hydrogens is 306 g/mol. The third-order valence-electron chi connectivity index (χ3n) is 7.44. The average Bonchev–Trinajstić information content (AvgIpc) is 3.13. The number of fused-ring (bicyclic) bond motifs is 1. The maximum atomic E-state index is 13.1. The number of rotatable bonds is 3. The van der Waals surface area contributed by atoms with Gasteiger partial charge in [0.15, 0.2) is 0 Å². The van der Waals surface area contributed by atoms with Crippen molar-refractivity contribution in [3.05, 3.63) is 0 Å². The topological polar surface area (TPSA) is 107 Å². The first-order valence-electron chi connectivity index (χ1n) is 9.24. The lowest BCUT2D eigenvalue weighted by atomic mass is 9.46. The molecule has 5 atom stereocenters. The summed E-state index contributed by atoms with van der Waals surface area (Å²) in [5.41, 5.74) is 4.46. The van der Waals surface area contributed by atoms with Gasteiger partial charge in [-0.25, -0.2) is 0 Å². The lowest BCUT2D eigenvalue weighted by Gasteiger charge is -2.60. The van der Waals surface area contributed by atoms with Crippen molar-refractivity contribution in [2.45, 2.75) is 69.1 Å². The number of hydrogen-bond acceptors (Lipinski definition) is 4. The molecule has 1 aliphatic heterocycles.